The normalized spacial score (nSPS) is 16.2. The van der Waals surface area contributed by atoms with Crippen LogP contribution in [0.4, 0.5) is 0 Å². The highest BCUT2D eigenvalue weighted by Gasteiger charge is 2.33. The van der Waals surface area contributed by atoms with Gasteiger partial charge in [0, 0.05) is 22.7 Å². The van der Waals surface area contributed by atoms with Crippen LogP contribution in [0.2, 0.25) is 0 Å². The molecule has 0 spiro atoms. The van der Waals surface area contributed by atoms with Crippen LogP contribution in [0, 0.1) is 6.92 Å². The van der Waals surface area contributed by atoms with E-state index in [1.807, 2.05) is 6.20 Å². The summed E-state index contributed by atoms with van der Waals surface area (Å²) in [5, 5.41) is 4.92. The average molecular weight is 375 g/mol. The summed E-state index contributed by atoms with van der Waals surface area (Å²) in [5.74, 6) is 0. The van der Waals surface area contributed by atoms with Gasteiger partial charge in [-0.05, 0) is 43.4 Å². The molecule has 1 heterocycles. The summed E-state index contributed by atoms with van der Waals surface area (Å²) in [4.78, 5) is 5.50. The van der Waals surface area contributed by atoms with Gasteiger partial charge in [0.2, 0.25) is 0 Å². The lowest BCUT2D eigenvalue weighted by Gasteiger charge is -2.39. The van der Waals surface area contributed by atoms with Crippen molar-refractivity contribution >= 4 is 28.1 Å². The third kappa shape index (κ3) is 4.03. The Kier molecular flexibility index (Phi) is 5.22. The molecule has 0 amide bonds. The van der Waals surface area contributed by atoms with Crippen LogP contribution in [-0.4, -0.2) is 15.5 Å². The largest absolute Gasteiger partial charge is 0.370 e. The van der Waals surface area contributed by atoms with Crippen LogP contribution >= 0.6 is 12.2 Å². The van der Waals surface area contributed by atoms with Crippen molar-refractivity contribution in [2.24, 2.45) is 0 Å². The summed E-state index contributed by atoms with van der Waals surface area (Å²) in [6.45, 7) is 2.10. The van der Waals surface area contributed by atoms with Crippen LogP contribution in [0.25, 0.3) is 10.9 Å². The van der Waals surface area contributed by atoms with Gasteiger partial charge in [-0.1, -0.05) is 80.0 Å². The Morgan fingerprint density at radius 3 is 2.59 bits per heavy atom. The molecule has 4 rings (SSSR count). The van der Waals surface area contributed by atoms with E-state index < -0.39 is 0 Å². The Bertz CT molecular complexity index is 943. The Labute approximate surface area is 167 Å². The molecule has 0 aliphatic heterocycles. The second kappa shape index (κ2) is 7.77. The van der Waals surface area contributed by atoms with Crippen molar-refractivity contribution in [3.05, 3.63) is 77.5 Å². The summed E-state index contributed by atoms with van der Waals surface area (Å²) in [6.07, 6.45) is 9.12. The highest BCUT2D eigenvalue weighted by Crippen LogP contribution is 2.32. The minimum absolute atomic E-state index is 0.0538. The first-order chi connectivity index (χ1) is 13.2. The number of fused-ring (bicyclic) bond motifs is 1. The van der Waals surface area contributed by atoms with Gasteiger partial charge in [0.05, 0.1) is 5.52 Å². The molecular weight excluding hydrogens is 348 g/mol. The molecule has 138 valence electrons. The molecule has 1 N–H and O–H groups in total. The van der Waals surface area contributed by atoms with Gasteiger partial charge < -0.3 is 5.32 Å². The Morgan fingerprint density at radius 1 is 1.04 bits per heavy atom. The van der Waals surface area contributed by atoms with Gasteiger partial charge in [-0.25, -0.2) is 0 Å². The van der Waals surface area contributed by atoms with Crippen LogP contribution in [0.1, 0.15) is 48.8 Å². The zero-order chi connectivity index (χ0) is 18.7. The van der Waals surface area contributed by atoms with Gasteiger partial charge >= 0.3 is 0 Å². The summed E-state index contributed by atoms with van der Waals surface area (Å²) < 4.78 is 0. The summed E-state index contributed by atoms with van der Waals surface area (Å²) in [5.41, 5.74) is 4.70. The number of benzene rings is 2. The van der Waals surface area contributed by atoms with E-state index in [9.17, 15) is 0 Å². The number of nitrogens with zero attached hydrogens (tertiary/aromatic N) is 1. The lowest BCUT2D eigenvalue weighted by molar-refractivity contribution is 0.265. The number of rotatable bonds is 4. The monoisotopic (exact) mass is 374 g/mol. The van der Waals surface area contributed by atoms with Crippen LogP contribution in [0.5, 0.6) is 0 Å². The quantitative estimate of drug-likeness (QED) is 0.588. The standard InChI is InChI=1S/C24H26N2S/c1-18-9-8-12-20-15-21(17-25-22(18)20)23(27)26-24(13-6-3-7-14-24)16-19-10-4-2-5-11-19/h2,4-5,8-12,15,17H,3,6-7,13-14,16H2,1H3,(H,26,27). The molecule has 0 bridgehead atoms. The molecule has 0 saturated heterocycles. The molecule has 1 fully saturated rings. The SMILES string of the molecule is Cc1cccc2cc(C(=S)NC3(Cc4ccccc4)CCCCC3)cnc12. The zero-order valence-corrected chi connectivity index (χ0v) is 16.7. The lowest BCUT2D eigenvalue weighted by Crippen LogP contribution is -2.51. The molecule has 3 heteroatoms. The Morgan fingerprint density at radius 2 is 1.81 bits per heavy atom. The smallest absolute Gasteiger partial charge is 0.108 e. The molecule has 1 aliphatic carbocycles. The number of hydrogen-bond acceptors (Lipinski definition) is 2. The maximum Gasteiger partial charge on any atom is 0.108 e. The number of aryl methyl sites for hydroxylation is 1. The Balaban J connectivity index is 1.60. The third-order valence-corrected chi connectivity index (χ3v) is 6.09. The molecule has 3 aromatic rings. The van der Waals surface area contributed by atoms with Gasteiger partial charge in [0.25, 0.3) is 0 Å². The molecule has 27 heavy (non-hydrogen) atoms. The fourth-order valence-electron chi connectivity index (χ4n) is 4.31. The molecule has 0 atom stereocenters. The van der Waals surface area contributed by atoms with Crippen molar-refractivity contribution in [3.63, 3.8) is 0 Å². The van der Waals surface area contributed by atoms with Crippen molar-refractivity contribution in [3.8, 4) is 0 Å². The van der Waals surface area contributed by atoms with Gasteiger partial charge in [-0.2, -0.15) is 0 Å². The van der Waals surface area contributed by atoms with Crippen molar-refractivity contribution in [2.75, 3.05) is 0 Å². The first-order valence-corrected chi connectivity index (χ1v) is 10.3. The van der Waals surface area contributed by atoms with E-state index in [1.54, 1.807) is 0 Å². The van der Waals surface area contributed by atoms with Gasteiger partial charge in [0.15, 0.2) is 0 Å². The van der Waals surface area contributed by atoms with E-state index in [-0.39, 0.29) is 5.54 Å². The van der Waals surface area contributed by atoms with Crippen LogP contribution in [0.3, 0.4) is 0 Å². The first kappa shape index (κ1) is 18.1. The highest BCUT2D eigenvalue weighted by molar-refractivity contribution is 7.80. The predicted molar refractivity (Wildman–Crippen MR) is 117 cm³/mol. The first-order valence-electron chi connectivity index (χ1n) is 9.87. The van der Waals surface area contributed by atoms with Gasteiger partial charge in [-0.15, -0.1) is 0 Å². The molecule has 1 aromatic heterocycles. The summed E-state index contributed by atoms with van der Waals surface area (Å²) in [6, 6.07) is 19.2. The van der Waals surface area contributed by atoms with Gasteiger partial charge in [-0.3, -0.25) is 4.98 Å². The van der Waals surface area contributed by atoms with Crippen LogP contribution < -0.4 is 5.32 Å². The lowest BCUT2D eigenvalue weighted by atomic mass is 9.77. The molecule has 1 saturated carbocycles. The molecule has 0 radical (unpaired) electrons. The maximum atomic E-state index is 5.83. The minimum atomic E-state index is 0.0538. The van der Waals surface area contributed by atoms with Crippen molar-refractivity contribution in [2.45, 2.75) is 51.0 Å². The molecular formula is C24H26N2S. The van der Waals surface area contributed by atoms with Gasteiger partial charge in [0.1, 0.15) is 4.99 Å². The number of para-hydroxylation sites is 1. The fraction of sp³-hybridized carbons (Fsp3) is 0.333. The van der Waals surface area contributed by atoms with Crippen molar-refractivity contribution in [1.82, 2.24) is 10.3 Å². The second-order valence-electron chi connectivity index (χ2n) is 7.83. The second-order valence-corrected chi connectivity index (χ2v) is 8.24. The van der Waals surface area contributed by atoms with Crippen LogP contribution in [0.15, 0.2) is 60.8 Å². The number of nitrogens with one attached hydrogen (secondary N) is 1. The van der Waals surface area contributed by atoms with E-state index in [0.29, 0.717) is 0 Å². The van der Waals surface area contributed by atoms with Crippen molar-refractivity contribution < 1.29 is 0 Å². The molecule has 2 nitrogen and oxygen atoms in total. The molecule has 2 aromatic carbocycles. The number of thiocarbonyl (C=S) groups is 1. The molecule has 1 aliphatic rings. The third-order valence-electron chi connectivity index (χ3n) is 5.75. The molecule has 0 unspecified atom stereocenters. The van der Waals surface area contributed by atoms with E-state index in [1.165, 1.54) is 43.2 Å². The number of pyridine rings is 1. The van der Waals surface area contributed by atoms with Crippen molar-refractivity contribution in [1.29, 1.82) is 0 Å². The minimum Gasteiger partial charge on any atom is -0.370 e. The topological polar surface area (TPSA) is 24.9 Å². The van der Waals surface area contributed by atoms with Crippen LogP contribution in [-0.2, 0) is 6.42 Å². The number of hydrogen-bond donors (Lipinski definition) is 1. The fourth-order valence-corrected chi connectivity index (χ4v) is 4.64. The summed E-state index contributed by atoms with van der Waals surface area (Å²) >= 11 is 5.83. The van der Waals surface area contributed by atoms with E-state index in [0.717, 1.165) is 27.9 Å². The Hall–Kier alpha value is -2.26. The predicted octanol–water partition coefficient (Wildman–Crippen LogP) is 5.75. The average Bonchev–Trinajstić information content (AvgIpc) is 2.69. The maximum absolute atomic E-state index is 5.83. The van der Waals surface area contributed by atoms with E-state index in [4.69, 9.17) is 12.2 Å². The van der Waals surface area contributed by atoms with E-state index in [2.05, 4.69) is 71.8 Å². The van der Waals surface area contributed by atoms with E-state index >= 15 is 0 Å². The number of aromatic nitrogens is 1. The zero-order valence-electron chi connectivity index (χ0n) is 15.9. The summed E-state index contributed by atoms with van der Waals surface area (Å²) in [7, 11) is 0. The highest BCUT2D eigenvalue weighted by atomic mass is 32.1.